The molecule has 1 aliphatic carbocycles. The quantitative estimate of drug-likeness (QED) is 0.739. The molecule has 1 N–H and O–H groups in total. The summed E-state index contributed by atoms with van der Waals surface area (Å²) in [5.41, 5.74) is 3.97. The van der Waals surface area contributed by atoms with E-state index in [1.54, 1.807) is 4.68 Å². The van der Waals surface area contributed by atoms with Crippen LogP contribution in [0, 0.1) is 12.8 Å². The van der Waals surface area contributed by atoms with E-state index in [0.29, 0.717) is 18.0 Å². The van der Waals surface area contributed by atoms with E-state index in [0.717, 1.165) is 60.3 Å². The second-order valence-electron chi connectivity index (χ2n) is 8.29. The van der Waals surface area contributed by atoms with Crippen molar-refractivity contribution in [3.63, 3.8) is 0 Å². The number of pyridine rings is 1. The molecule has 6 heteroatoms. The van der Waals surface area contributed by atoms with Crippen LogP contribution < -0.4 is 5.32 Å². The third-order valence-electron chi connectivity index (χ3n) is 6.59. The third-order valence-corrected chi connectivity index (χ3v) is 6.59. The molecule has 6 nitrogen and oxygen atoms in total. The van der Waals surface area contributed by atoms with Gasteiger partial charge in [-0.25, -0.2) is 4.98 Å². The molecular weight excluding hydrogens is 364 g/mol. The van der Waals surface area contributed by atoms with Gasteiger partial charge in [0.1, 0.15) is 0 Å². The average molecular weight is 390 g/mol. The van der Waals surface area contributed by atoms with Crippen LogP contribution >= 0.6 is 0 Å². The first-order chi connectivity index (χ1) is 14.1. The van der Waals surface area contributed by atoms with Crippen molar-refractivity contribution in [3.05, 3.63) is 47.7 Å². The number of aromatic nitrogens is 3. The minimum atomic E-state index is -0.0641. The number of benzene rings is 1. The van der Waals surface area contributed by atoms with Gasteiger partial charge in [-0.15, -0.1) is 0 Å². The maximum atomic E-state index is 13.2. The topological polar surface area (TPSA) is 69.0 Å². The zero-order valence-electron chi connectivity index (χ0n) is 16.9. The van der Waals surface area contributed by atoms with Gasteiger partial charge in [-0.3, -0.25) is 9.48 Å². The Hall–Kier alpha value is -2.73. The van der Waals surface area contributed by atoms with Gasteiger partial charge in [0.2, 0.25) is 0 Å². The fraction of sp³-hybridized carbons (Fsp3) is 0.435. The zero-order chi connectivity index (χ0) is 20.0. The van der Waals surface area contributed by atoms with Crippen LogP contribution in [-0.4, -0.2) is 39.4 Å². The number of carbonyl (C=O) groups excluding carboxylic acids is 1. The minimum absolute atomic E-state index is 0.0141. The third kappa shape index (κ3) is 3.02. The van der Waals surface area contributed by atoms with E-state index in [4.69, 9.17) is 9.72 Å². The SMILES string of the molecule is Cc1nn(C)c2nc(-c3ccccc3)cc(C(=O)NCC3CCC34CCCO4)c12. The van der Waals surface area contributed by atoms with E-state index in [9.17, 15) is 4.79 Å². The molecule has 3 heterocycles. The molecule has 1 aliphatic heterocycles. The molecule has 1 saturated heterocycles. The van der Waals surface area contributed by atoms with Gasteiger partial charge >= 0.3 is 0 Å². The second-order valence-corrected chi connectivity index (χ2v) is 8.29. The van der Waals surface area contributed by atoms with E-state index in [1.165, 1.54) is 0 Å². The summed E-state index contributed by atoms with van der Waals surface area (Å²) in [5.74, 6) is 0.348. The number of nitrogens with zero attached hydrogens (tertiary/aromatic N) is 3. The molecule has 0 radical (unpaired) electrons. The number of carbonyl (C=O) groups is 1. The molecule has 1 aromatic carbocycles. The number of aryl methyl sites for hydroxylation is 2. The molecule has 3 aromatic rings. The summed E-state index contributed by atoms with van der Waals surface area (Å²) >= 11 is 0. The molecule has 29 heavy (non-hydrogen) atoms. The molecule has 2 unspecified atom stereocenters. The standard InChI is InChI=1S/C23H26N4O2/c1-15-20-18(22(28)24-14-17-9-11-23(17)10-6-12-29-23)13-19(16-7-4-3-5-8-16)25-21(20)27(2)26-15/h3-5,7-8,13,17H,6,9-12,14H2,1-2H3,(H,24,28). The molecular formula is C23H26N4O2. The highest BCUT2D eigenvalue weighted by atomic mass is 16.5. The monoisotopic (exact) mass is 390 g/mol. The van der Waals surface area contributed by atoms with Crippen LogP contribution in [-0.2, 0) is 11.8 Å². The number of amides is 1. The predicted molar refractivity (Wildman–Crippen MR) is 112 cm³/mol. The highest BCUT2D eigenvalue weighted by Gasteiger charge is 2.49. The summed E-state index contributed by atoms with van der Waals surface area (Å²) in [6.07, 6.45) is 4.48. The zero-order valence-corrected chi connectivity index (χ0v) is 16.9. The number of hydrogen-bond acceptors (Lipinski definition) is 4. The predicted octanol–water partition coefficient (Wildman–Crippen LogP) is 3.63. The first kappa shape index (κ1) is 18.3. The van der Waals surface area contributed by atoms with Crippen LogP contribution in [0.25, 0.3) is 22.3 Å². The van der Waals surface area contributed by atoms with Crippen LogP contribution in [0.1, 0.15) is 41.7 Å². The van der Waals surface area contributed by atoms with Crippen molar-refractivity contribution >= 4 is 16.9 Å². The van der Waals surface area contributed by atoms with Crippen molar-refractivity contribution in [2.24, 2.45) is 13.0 Å². The Morgan fingerprint density at radius 2 is 2.14 bits per heavy atom. The first-order valence-electron chi connectivity index (χ1n) is 10.4. The second kappa shape index (κ2) is 6.95. The van der Waals surface area contributed by atoms with Gasteiger partial charge in [-0.1, -0.05) is 30.3 Å². The number of fused-ring (bicyclic) bond motifs is 1. The molecule has 1 amide bonds. The van der Waals surface area contributed by atoms with Crippen molar-refractivity contribution in [3.8, 4) is 11.3 Å². The van der Waals surface area contributed by atoms with Gasteiger partial charge in [0.15, 0.2) is 5.65 Å². The van der Waals surface area contributed by atoms with Crippen LogP contribution in [0.4, 0.5) is 0 Å². The number of nitrogens with one attached hydrogen (secondary N) is 1. The molecule has 1 spiro atoms. The molecule has 150 valence electrons. The molecule has 2 atom stereocenters. The Kier molecular flexibility index (Phi) is 4.39. The van der Waals surface area contributed by atoms with Gasteiger partial charge < -0.3 is 10.1 Å². The minimum Gasteiger partial charge on any atom is -0.375 e. The van der Waals surface area contributed by atoms with Gasteiger partial charge in [-0.2, -0.15) is 5.10 Å². The smallest absolute Gasteiger partial charge is 0.252 e. The normalized spacial score (nSPS) is 23.4. The van der Waals surface area contributed by atoms with E-state index < -0.39 is 0 Å². The molecule has 1 saturated carbocycles. The van der Waals surface area contributed by atoms with Crippen molar-refractivity contribution in [1.82, 2.24) is 20.1 Å². The van der Waals surface area contributed by atoms with E-state index in [1.807, 2.05) is 50.4 Å². The summed E-state index contributed by atoms with van der Waals surface area (Å²) in [4.78, 5) is 18.0. The molecule has 2 aliphatic rings. The van der Waals surface area contributed by atoms with Crippen molar-refractivity contribution < 1.29 is 9.53 Å². The van der Waals surface area contributed by atoms with Gasteiger partial charge in [0.05, 0.1) is 27.9 Å². The van der Waals surface area contributed by atoms with E-state index in [-0.39, 0.29) is 11.5 Å². The Balaban J connectivity index is 1.47. The van der Waals surface area contributed by atoms with Crippen molar-refractivity contribution in [2.75, 3.05) is 13.2 Å². The fourth-order valence-corrected chi connectivity index (χ4v) is 4.89. The summed E-state index contributed by atoms with van der Waals surface area (Å²) < 4.78 is 7.77. The highest BCUT2D eigenvalue weighted by molar-refractivity contribution is 6.07. The lowest BCUT2D eigenvalue weighted by Gasteiger charge is -2.46. The maximum Gasteiger partial charge on any atom is 0.252 e. The van der Waals surface area contributed by atoms with Gasteiger partial charge in [0, 0.05) is 31.7 Å². The Labute approximate surface area is 170 Å². The first-order valence-corrected chi connectivity index (χ1v) is 10.4. The lowest BCUT2D eigenvalue weighted by atomic mass is 9.68. The van der Waals surface area contributed by atoms with Gasteiger partial charge in [0.25, 0.3) is 5.91 Å². The summed E-state index contributed by atoms with van der Waals surface area (Å²) in [7, 11) is 1.87. The summed E-state index contributed by atoms with van der Waals surface area (Å²) in [6.45, 7) is 3.43. The lowest BCUT2D eigenvalue weighted by Crippen LogP contribution is -2.51. The van der Waals surface area contributed by atoms with Crippen molar-refractivity contribution in [1.29, 1.82) is 0 Å². The average Bonchev–Trinajstić information content (AvgIpc) is 3.34. The Morgan fingerprint density at radius 3 is 2.83 bits per heavy atom. The number of hydrogen-bond donors (Lipinski definition) is 1. The molecule has 2 fully saturated rings. The lowest BCUT2D eigenvalue weighted by molar-refractivity contribution is -0.107. The number of ether oxygens (including phenoxy) is 1. The van der Waals surface area contributed by atoms with Gasteiger partial charge in [-0.05, 0) is 38.7 Å². The Morgan fingerprint density at radius 1 is 1.31 bits per heavy atom. The Bertz CT molecular complexity index is 1070. The fourth-order valence-electron chi connectivity index (χ4n) is 4.89. The van der Waals surface area contributed by atoms with Crippen LogP contribution in [0.3, 0.4) is 0 Å². The van der Waals surface area contributed by atoms with Crippen LogP contribution in [0.15, 0.2) is 36.4 Å². The van der Waals surface area contributed by atoms with Crippen molar-refractivity contribution in [2.45, 2.75) is 38.2 Å². The molecule has 5 rings (SSSR count). The number of rotatable bonds is 4. The van der Waals surface area contributed by atoms with E-state index >= 15 is 0 Å². The molecule has 0 bridgehead atoms. The largest absolute Gasteiger partial charge is 0.375 e. The van der Waals surface area contributed by atoms with Crippen LogP contribution in [0.2, 0.25) is 0 Å². The maximum absolute atomic E-state index is 13.2. The summed E-state index contributed by atoms with van der Waals surface area (Å²) in [6, 6.07) is 11.8. The summed E-state index contributed by atoms with van der Waals surface area (Å²) in [5, 5.41) is 8.50. The van der Waals surface area contributed by atoms with Crippen LogP contribution in [0.5, 0.6) is 0 Å². The van der Waals surface area contributed by atoms with E-state index in [2.05, 4.69) is 10.4 Å². The molecule has 2 aromatic heterocycles. The highest BCUT2D eigenvalue weighted by Crippen LogP contribution is 2.47.